The maximum atomic E-state index is 11.5. The quantitative estimate of drug-likeness (QED) is 0.798. The number of sulfonamides is 1. The lowest BCUT2D eigenvalue weighted by Crippen LogP contribution is -2.33. The SMILES string of the molecule is CC(=O)N1c2cc(S(N)(=O)=O)ccc2C[C@H]1C. The molecule has 1 aliphatic heterocycles. The van der Waals surface area contributed by atoms with E-state index < -0.39 is 10.0 Å². The van der Waals surface area contributed by atoms with Crippen molar-refractivity contribution in [1.29, 1.82) is 0 Å². The van der Waals surface area contributed by atoms with Gasteiger partial charge in [-0.15, -0.1) is 0 Å². The number of carbonyl (C=O) groups is 1. The van der Waals surface area contributed by atoms with Crippen molar-refractivity contribution in [3.63, 3.8) is 0 Å². The van der Waals surface area contributed by atoms with Crippen LogP contribution in [0.15, 0.2) is 23.1 Å². The summed E-state index contributed by atoms with van der Waals surface area (Å²) in [6.07, 6.45) is 0.736. The Morgan fingerprint density at radius 1 is 1.47 bits per heavy atom. The average molecular weight is 254 g/mol. The van der Waals surface area contributed by atoms with E-state index >= 15 is 0 Å². The minimum absolute atomic E-state index is 0.0385. The van der Waals surface area contributed by atoms with E-state index in [-0.39, 0.29) is 16.8 Å². The maximum Gasteiger partial charge on any atom is 0.238 e. The van der Waals surface area contributed by atoms with Crippen molar-refractivity contribution in [1.82, 2.24) is 0 Å². The zero-order valence-corrected chi connectivity index (χ0v) is 10.5. The van der Waals surface area contributed by atoms with Crippen LogP contribution in [-0.2, 0) is 21.2 Å². The molecule has 1 heterocycles. The summed E-state index contributed by atoms with van der Waals surface area (Å²) in [7, 11) is -3.73. The standard InChI is InChI=1S/C11H14N2O3S/c1-7-5-9-3-4-10(17(12,15)16)6-11(9)13(7)8(2)14/h3-4,6-7H,5H2,1-2H3,(H2,12,15,16)/t7-/m1/s1. The number of amides is 1. The van der Waals surface area contributed by atoms with Crippen LogP contribution in [0.2, 0.25) is 0 Å². The minimum atomic E-state index is -3.73. The molecular formula is C11H14N2O3S. The molecule has 1 aromatic rings. The molecule has 1 atom stereocenters. The van der Waals surface area contributed by atoms with Gasteiger partial charge in [0, 0.05) is 18.7 Å². The van der Waals surface area contributed by atoms with Crippen LogP contribution >= 0.6 is 0 Å². The van der Waals surface area contributed by atoms with Crippen LogP contribution in [0.4, 0.5) is 5.69 Å². The molecule has 0 spiro atoms. The van der Waals surface area contributed by atoms with Gasteiger partial charge in [-0.3, -0.25) is 4.79 Å². The van der Waals surface area contributed by atoms with E-state index in [0.29, 0.717) is 5.69 Å². The first kappa shape index (κ1) is 12.1. The van der Waals surface area contributed by atoms with E-state index in [4.69, 9.17) is 5.14 Å². The lowest BCUT2D eigenvalue weighted by Gasteiger charge is -2.20. The molecule has 0 bridgehead atoms. The molecular weight excluding hydrogens is 240 g/mol. The number of anilines is 1. The fourth-order valence-corrected chi connectivity index (χ4v) is 2.78. The fraction of sp³-hybridized carbons (Fsp3) is 0.364. The summed E-state index contributed by atoms with van der Waals surface area (Å²) >= 11 is 0. The molecule has 2 rings (SSSR count). The monoisotopic (exact) mass is 254 g/mol. The molecule has 0 saturated heterocycles. The highest BCUT2D eigenvalue weighted by Crippen LogP contribution is 2.33. The van der Waals surface area contributed by atoms with E-state index in [1.54, 1.807) is 11.0 Å². The number of hydrogen-bond acceptors (Lipinski definition) is 3. The Morgan fingerprint density at radius 2 is 2.12 bits per heavy atom. The number of fused-ring (bicyclic) bond motifs is 1. The van der Waals surface area contributed by atoms with Gasteiger partial charge in [-0.05, 0) is 31.0 Å². The Morgan fingerprint density at radius 3 is 2.65 bits per heavy atom. The Labute approximate surface area is 100 Å². The molecule has 17 heavy (non-hydrogen) atoms. The van der Waals surface area contributed by atoms with E-state index in [0.717, 1.165) is 12.0 Å². The number of nitrogens with two attached hydrogens (primary N) is 1. The second-order valence-electron chi connectivity index (χ2n) is 4.28. The Bertz CT molecular complexity index is 580. The second-order valence-corrected chi connectivity index (χ2v) is 5.84. The molecule has 0 saturated carbocycles. The number of benzene rings is 1. The predicted molar refractivity (Wildman–Crippen MR) is 64.1 cm³/mol. The molecule has 6 heteroatoms. The number of hydrogen-bond donors (Lipinski definition) is 1. The van der Waals surface area contributed by atoms with E-state index in [2.05, 4.69) is 0 Å². The van der Waals surface area contributed by atoms with Crippen LogP contribution in [0, 0.1) is 0 Å². The smallest absolute Gasteiger partial charge is 0.238 e. The van der Waals surface area contributed by atoms with Gasteiger partial charge >= 0.3 is 0 Å². The van der Waals surface area contributed by atoms with Crippen molar-refractivity contribution in [3.05, 3.63) is 23.8 Å². The predicted octanol–water partition coefficient (Wildman–Crippen LogP) is 0.631. The van der Waals surface area contributed by atoms with Gasteiger partial charge in [-0.1, -0.05) is 6.07 Å². The first-order chi connectivity index (χ1) is 7.80. The van der Waals surface area contributed by atoms with Gasteiger partial charge in [0.1, 0.15) is 0 Å². The van der Waals surface area contributed by atoms with Crippen molar-refractivity contribution in [2.45, 2.75) is 31.2 Å². The summed E-state index contributed by atoms with van der Waals surface area (Å²) in [5.74, 6) is -0.0946. The summed E-state index contributed by atoms with van der Waals surface area (Å²) in [5.41, 5.74) is 1.62. The summed E-state index contributed by atoms with van der Waals surface area (Å²) in [6, 6.07) is 4.72. The van der Waals surface area contributed by atoms with E-state index in [1.165, 1.54) is 19.1 Å². The van der Waals surface area contributed by atoms with Crippen molar-refractivity contribution >= 4 is 21.6 Å². The molecule has 1 aliphatic rings. The van der Waals surface area contributed by atoms with Crippen LogP contribution in [0.3, 0.4) is 0 Å². The molecule has 1 amide bonds. The first-order valence-electron chi connectivity index (χ1n) is 5.26. The van der Waals surface area contributed by atoms with Crippen LogP contribution < -0.4 is 10.0 Å². The molecule has 0 aliphatic carbocycles. The van der Waals surface area contributed by atoms with Gasteiger partial charge in [-0.2, -0.15) is 0 Å². The average Bonchev–Trinajstić information content (AvgIpc) is 2.50. The van der Waals surface area contributed by atoms with Crippen LogP contribution in [-0.4, -0.2) is 20.4 Å². The minimum Gasteiger partial charge on any atom is -0.309 e. The normalized spacial score (nSPS) is 19.2. The van der Waals surface area contributed by atoms with Gasteiger partial charge in [-0.25, -0.2) is 13.6 Å². The highest BCUT2D eigenvalue weighted by atomic mass is 32.2. The highest BCUT2D eigenvalue weighted by molar-refractivity contribution is 7.89. The van der Waals surface area contributed by atoms with Crippen molar-refractivity contribution in [2.24, 2.45) is 5.14 Å². The lowest BCUT2D eigenvalue weighted by molar-refractivity contribution is -0.116. The topological polar surface area (TPSA) is 80.5 Å². The molecule has 2 N–H and O–H groups in total. The maximum absolute atomic E-state index is 11.5. The number of carbonyl (C=O) groups excluding carboxylic acids is 1. The number of nitrogens with zero attached hydrogens (tertiary/aromatic N) is 1. The molecule has 0 radical (unpaired) electrons. The summed E-state index contributed by atoms with van der Waals surface area (Å²) in [6.45, 7) is 3.40. The Balaban J connectivity index is 2.57. The number of rotatable bonds is 1. The Kier molecular flexibility index (Phi) is 2.71. The van der Waals surface area contributed by atoms with Gasteiger partial charge < -0.3 is 4.90 Å². The van der Waals surface area contributed by atoms with Crippen LogP contribution in [0.5, 0.6) is 0 Å². The third kappa shape index (κ3) is 2.05. The zero-order chi connectivity index (χ0) is 12.8. The summed E-state index contributed by atoms with van der Waals surface area (Å²) in [5, 5.41) is 5.08. The fourth-order valence-electron chi connectivity index (χ4n) is 2.24. The van der Waals surface area contributed by atoms with Crippen molar-refractivity contribution in [3.8, 4) is 0 Å². The summed E-state index contributed by atoms with van der Waals surface area (Å²) in [4.78, 5) is 13.2. The zero-order valence-electron chi connectivity index (χ0n) is 9.67. The van der Waals surface area contributed by atoms with Gasteiger partial charge in [0.25, 0.3) is 0 Å². The van der Waals surface area contributed by atoms with Crippen molar-refractivity contribution < 1.29 is 13.2 Å². The van der Waals surface area contributed by atoms with Gasteiger partial charge in [0.05, 0.1) is 4.90 Å². The second kappa shape index (κ2) is 3.82. The largest absolute Gasteiger partial charge is 0.309 e. The third-order valence-electron chi connectivity index (χ3n) is 2.94. The van der Waals surface area contributed by atoms with Gasteiger partial charge in [0.2, 0.25) is 15.9 Å². The molecule has 5 nitrogen and oxygen atoms in total. The molecule has 0 fully saturated rings. The van der Waals surface area contributed by atoms with Crippen molar-refractivity contribution in [2.75, 3.05) is 4.90 Å². The molecule has 1 aromatic carbocycles. The van der Waals surface area contributed by atoms with E-state index in [9.17, 15) is 13.2 Å². The first-order valence-corrected chi connectivity index (χ1v) is 6.81. The highest BCUT2D eigenvalue weighted by Gasteiger charge is 2.29. The number of primary sulfonamides is 1. The molecule has 0 aromatic heterocycles. The third-order valence-corrected chi connectivity index (χ3v) is 3.85. The Hall–Kier alpha value is -1.40. The lowest BCUT2D eigenvalue weighted by atomic mass is 10.1. The summed E-state index contributed by atoms with van der Waals surface area (Å²) < 4.78 is 22.5. The van der Waals surface area contributed by atoms with Crippen LogP contribution in [0.1, 0.15) is 19.4 Å². The van der Waals surface area contributed by atoms with E-state index in [1.807, 2.05) is 6.92 Å². The molecule has 0 unspecified atom stereocenters. The molecule has 92 valence electrons. The van der Waals surface area contributed by atoms with Crippen LogP contribution in [0.25, 0.3) is 0 Å². The van der Waals surface area contributed by atoms with Gasteiger partial charge in [0.15, 0.2) is 0 Å².